The highest BCUT2D eigenvalue weighted by atomic mass is 32.2. The van der Waals surface area contributed by atoms with E-state index in [1.54, 1.807) is 6.26 Å². The average Bonchev–Trinajstić information content (AvgIpc) is 3.14. The van der Waals surface area contributed by atoms with E-state index in [9.17, 15) is 27.6 Å². The molecule has 3 unspecified atom stereocenters. The minimum Gasteiger partial charge on any atom is -0.368 e. The Morgan fingerprint density at radius 1 is 1.09 bits per heavy atom. The van der Waals surface area contributed by atoms with Gasteiger partial charge in [0.2, 0.25) is 17.7 Å². The Morgan fingerprint density at radius 2 is 1.73 bits per heavy atom. The lowest BCUT2D eigenvalue weighted by molar-refractivity contribution is -0.137. The summed E-state index contributed by atoms with van der Waals surface area (Å²) in [5.41, 5.74) is 5.34. The molecular formula is C20H35N5O6S2. The van der Waals surface area contributed by atoms with Crippen LogP contribution in [0, 0.1) is 0 Å². The van der Waals surface area contributed by atoms with Crippen LogP contribution < -0.4 is 21.7 Å². The van der Waals surface area contributed by atoms with Crippen LogP contribution in [0.1, 0.15) is 44.9 Å². The Labute approximate surface area is 199 Å². The summed E-state index contributed by atoms with van der Waals surface area (Å²) in [5.74, 6) is -1.86. The van der Waals surface area contributed by atoms with E-state index in [2.05, 4.69) is 16.0 Å². The lowest BCUT2D eigenvalue weighted by atomic mass is 9.96. The summed E-state index contributed by atoms with van der Waals surface area (Å²) >= 11 is 1.31. The smallest absolute Gasteiger partial charge is 0.315 e. The molecule has 33 heavy (non-hydrogen) atoms. The van der Waals surface area contributed by atoms with Crippen LogP contribution in [-0.2, 0) is 24.2 Å². The van der Waals surface area contributed by atoms with E-state index in [0.717, 1.165) is 31.9 Å². The monoisotopic (exact) mass is 505 g/mol. The van der Waals surface area contributed by atoms with E-state index in [-0.39, 0.29) is 48.9 Å². The number of nitrogens with one attached hydrogen (secondary N) is 3. The molecule has 2 fully saturated rings. The van der Waals surface area contributed by atoms with Crippen LogP contribution in [0.3, 0.4) is 0 Å². The molecule has 1 saturated carbocycles. The molecule has 0 spiro atoms. The fourth-order valence-electron chi connectivity index (χ4n) is 4.22. The van der Waals surface area contributed by atoms with Crippen molar-refractivity contribution in [2.24, 2.45) is 5.73 Å². The molecule has 1 saturated heterocycles. The van der Waals surface area contributed by atoms with Crippen molar-refractivity contribution in [1.29, 1.82) is 0 Å². The van der Waals surface area contributed by atoms with Gasteiger partial charge in [-0.25, -0.2) is 13.2 Å². The first kappa shape index (κ1) is 27.2. The number of hydrogen-bond donors (Lipinski definition) is 4. The maximum Gasteiger partial charge on any atom is 0.315 e. The molecule has 0 aromatic heterocycles. The number of carbonyl (C=O) groups is 4. The van der Waals surface area contributed by atoms with Gasteiger partial charge in [0.05, 0.1) is 17.5 Å². The van der Waals surface area contributed by atoms with Crippen LogP contribution in [0.5, 0.6) is 0 Å². The molecule has 1 aliphatic carbocycles. The van der Waals surface area contributed by atoms with Crippen molar-refractivity contribution in [3.05, 3.63) is 0 Å². The van der Waals surface area contributed by atoms with E-state index < -0.39 is 39.8 Å². The van der Waals surface area contributed by atoms with Crippen LogP contribution in [0.2, 0.25) is 0 Å². The third-order valence-corrected chi connectivity index (χ3v) is 7.42. The van der Waals surface area contributed by atoms with E-state index in [1.807, 2.05) is 0 Å². The molecule has 188 valence electrons. The number of hydrogen-bond acceptors (Lipinski definition) is 7. The summed E-state index contributed by atoms with van der Waals surface area (Å²) in [6.45, 7) is 0.167. The van der Waals surface area contributed by atoms with Crippen LogP contribution in [0.4, 0.5) is 4.79 Å². The molecular weight excluding hydrogens is 470 g/mol. The molecule has 0 radical (unpaired) electrons. The summed E-state index contributed by atoms with van der Waals surface area (Å²) in [4.78, 5) is 51.2. The Morgan fingerprint density at radius 3 is 2.30 bits per heavy atom. The number of primary amides is 1. The molecule has 13 heteroatoms. The Balaban J connectivity index is 2.03. The summed E-state index contributed by atoms with van der Waals surface area (Å²) < 4.78 is 22.9. The summed E-state index contributed by atoms with van der Waals surface area (Å²) in [5, 5.41) is 8.31. The van der Waals surface area contributed by atoms with Gasteiger partial charge in [-0.1, -0.05) is 19.3 Å². The first-order chi connectivity index (χ1) is 15.5. The van der Waals surface area contributed by atoms with Crippen molar-refractivity contribution in [2.45, 2.75) is 69.1 Å². The fraction of sp³-hybridized carbons (Fsp3) is 0.800. The van der Waals surface area contributed by atoms with Crippen LogP contribution >= 0.6 is 11.8 Å². The second-order valence-electron chi connectivity index (χ2n) is 8.76. The topological polar surface area (TPSA) is 168 Å². The van der Waals surface area contributed by atoms with Crippen molar-refractivity contribution in [2.75, 3.05) is 30.6 Å². The highest BCUT2D eigenvalue weighted by Crippen LogP contribution is 2.21. The van der Waals surface area contributed by atoms with Gasteiger partial charge >= 0.3 is 6.03 Å². The maximum atomic E-state index is 13.0. The van der Waals surface area contributed by atoms with Crippen LogP contribution in [0.15, 0.2) is 0 Å². The Bertz CT molecular complexity index is 831. The van der Waals surface area contributed by atoms with Gasteiger partial charge in [0, 0.05) is 18.8 Å². The third-order valence-electron chi connectivity index (χ3n) is 5.90. The van der Waals surface area contributed by atoms with Gasteiger partial charge in [-0.05, 0) is 31.9 Å². The predicted molar refractivity (Wildman–Crippen MR) is 126 cm³/mol. The third kappa shape index (κ3) is 9.03. The van der Waals surface area contributed by atoms with Gasteiger partial charge in [0.1, 0.15) is 21.9 Å². The summed E-state index contributed by atoms with van der Waals surface area (Å²) in [6.07, 6.45) is 8.02. The molecule has 0 bridgehead atoms. The van der Waals surface area contributed by atoms with E-state index in [4.69, 9.17) is 5.73 Å². The van der Waals surface area contributed by atoms with Gasteiger partial charge in [-0.2, -0.15) is 11.8 Å². The molecule has 0 aromatic rings. The molecule has 0 aromatic carbocycles. The zero-order valence-electron chi connectivity index (χ0n) is 19.2. The van der Waals surface area contributed by atoms with Gasteiger partial charge in [0.15, 0.2) is 0 Å². The second kappa shape index (κ2) is 12.4. The number of urea groups is 1. The predicted octanol–water partition coefficient (Wildman–Crippen LogP) is -0.644. The highest BCUT2D eigenvalue weighted by Gasteiger charge is 2.41. The van der Waals surface area contributed by atoms with Gasteiger partial charge < -0.3 is 26.6 Å². The zero-order valence-corrected chi connectivity index (χ0v) is 20.8. The molecule has 5 N–H and O–H groups in total. The maximum absolute atomic E-state index is 13.0. The Hall–Kier alpha value is -2.02. The van der Waals surface area contributed by atoms with E-state index in [1.165, 1.54) is 23.1 Å². The van der Waals surface area contributed by atoms with Crippen LogP contribution in [0.25, 0.3) is 0 Å². The minimum absolute atomic E-state index is 0.125. The van der Waals surface area contributed by atoms with Gasteiger partial charge in [0.25, 0.3) is 0 Å². The van der Waals surface area contributed by atoms with E-state index in [0.29, 0.717) is 0 Å². The lowest BCUT2D eigenvalue weighted by Gasteiger charge is -2.25. The van der Waals surface area contributed by atoms with Crippen molar-refractivity contribution in [3.8, 4) is 0 Å². The standard InChI is InChI=1S/C20H35N5O6S2/c1-32-12-17(26)25-11-14(23-20(29)22-13-6-4-3-5-7-13)10-16(25)19(28)24-15(18(21)27)8-9-33(2,30)31/h13-16H,3-12H2,1-2H3,(H2,21,27)(H,24,28)(H2,22,23,29). The molecule has 3 atom stereocenters. The van der Waals surface area contributed by atoms with E-state index >= 15 is 0 Å². The average molecular weight is 506 g/mol. The number of nitrogens with two attached hydrogens (primary N) is 1. The molecule has 5 amide bonds. The van der Waals surface area contributed by atoms with Crippen molar-refractivity contribution in [1.82, 2.24) is 20.9 Å². The number of nitrogens with zero attached hydrogens (tertiary/aromatic N) is 1. The molecule has 11 nitrogen and oxygen atoms in total. The molecule has 1 heterocycles. The van der Waals surface area contributed by atoms with Gasteiger partial charge in [-0.15, -0.1) is 0 Å². The number of thioether (sulfide) groups is 1. The zero-order chi connectivity index (χ0) is 24.6. The number of rotatable bonds is 10. The van der Waals surface area contributed by atoms with Crippen molar-refractivity contribution in [3.63, 3.8) is 0 Å². The molecule has 1 aliphatic heterocycles. The lowest BCUT2D eigenvalue weighted by Crippen LogP contribution is -2.52. The number of likely N-dealkylation sites (tertiary alicyclic amines) is 1. The number of carbonyl (C=O) groups excluding carboxylic acids is 4. The first-order valence-corrected chi connectivity index (χ1v) is 14.6. The summed E-state index contributed by atoms with van der Waals surface area (Å²) in [6, 6.07) is -2.71. The minimum atomic E-state index is -3.35. The van der Waals surface area contributed by atoms with Gasteiger partial charge in [-0.3, -0.25) is 14.4 Å². The highest BCUT2D eigenvalue weighted by molar-refractivity contribution is 7.99. The molecule has 2 rings (SSSR count). The SMILES string of the molecule is CSCC(=O)N1CC(NC(=O)NC2CCCCC2)CC1C(=O)NC(CCS(C)(=O)=O)C(N)=O. The fourth-order valence-corrected chi connectivity index (χ4v) is 5.29. The van der Waals surface area contributed by atoms with Crippen LogP contribution in [-0.4, -0.2) is 91.8 Å². The first-order valence-electron chi connectivity index (χ1n) is 11.1. The summed E-state index contributed by atoms with van der Waals surface area (Å²) in [7, 11) is -3.35. The Kier molecular flexibility index (Phi) is 10.3. The number of sulfone groups is 1. The second-order valence-corrected chi connectivity index (χ2v) is 11.9. The number of amides is 5. The quantitative estimate of drug-likeness (QED) is 0.306. The van der Waals surface area contributed by atoms with Crippen molar-refractivity contribution < 1.29 is 27.6 Å². The van der Waals surface area contributed by atoms with Crippen molar-refractivity contribution >= 4 is 45.4 Å². The normalized spacial score (nSPS) is 22.4. The molecule has 2 aliphatic rings. The largest absolute Gasteiger partial charge is 0.368 e.